The van der Waals surface area contributed by atoms with E-state index in [-0.39, 0.29) is 23.5 Å². The van der Waals surface area contributed by atoms with Crippen LogP contribution in [0.15, 0.2) is 77.7 Å². The van der Waals surface area contributed by atoms with E-state index in [1.807, 2.05) is 53.1 Å². The van der Waals surface area contributed by atoms with Gasteiger partial charge in [-0.2, -0.15) is 0 Å². The van der Waals surface area contributed by atoms with Gasteiger partial charge in [0.1, 0.15) is 4.90 Å². The Morgan fingerprint density at radius 1 is 0.793 bits per heavy atom. The van der Waals surface area contributed by atoms with E-state index in [1.54, 1.807) is 12.1 Å². The van der Waals surface area contributed by atoms with Crippen molar-refractivity contribution >= 4 is 37.7 Å². The highest BCUT2D eigenvalue weighted by Gasteiger charge is 2.41. The number of carbonyl (C=O) groups is 1. The number of benzene rings is 3. The summed E-state index contributed by atoms with van der Waals surface area (Å²) in [6, 6.07) is 21.9. The van der Waals surface area contributed by atoms with Gasteiger partial charge in [0.05, 0.1) is 24.8 Å². The highest BCUT2D eigenvalue weighted by molar-refractivity contribution is 7.90. The summed E-state index contributed by atoms with van der Waals surface area (Å²) in [5, 5.41) is 12.9. The number of rotatable bonds is 4. The number of sulfonamides is 1. The first kappa shape index (κ1) is 17.9. The fraction of sp³-hybridized carbons (Fsp3) is 0.136. The number of aliphatic hydroxyl groups excluding tert-OH is 1. The molecule has 1 aliphatic heterocycles. The molecule has 1 aromatic heterocycles. The number of aromatic nitrogens is 1. The summed E-state index contributed by atoms with van der Waals surface area (Å²) < 4.78 is 28.2. The van der Waals surface area contributed by atoms with Crippen molar-refractivity contribution in [1.29, 1.82) is 0 Å². The number of fused-ring (bicyclic) bond motifs is 4. The van der Waals surface area contributed by atoms with Crippen LogP contribution in [-0.4, -0.2) is 41.0 Å². The Hall–Kier alpha value is -3.16. The van der Waals surface area contributed by atoms with Gasteiger partial charge in [0.25, 0.3) is 15.9 Å². The van der Waals surface area contributed by atoms with E-state index in [4.69, 9.17) is 0 Å². The van der Waals surface area contributed by atoms with E-state index in [9.17, 15) is 18.3 Å². The molecule has 0 bridgehead atoms. The molecule has 0 radical (unpaired) electrons. The molecule has 1 N–H and O–H groups in total. The van der Waals surface area contributed by atoms with Crippen molar-refractivity contribution in [3.63, 3.8) is 0 Å². The van der Waals surface area contributed by atoms with Crippen molar-refractivity contribution in [3.8, 4) is 0 Å². The zero-order valence-electron chi connectivity index (χ0n) is 15.4. The predicted molar refractivity (Wildman–Crippen MR) is 110 cm³/mol. The SMILES string of the molecule is O=C1c2ccccc2S(=O)(=O)N1C[C@@H](O)Cn1c2ccccc2c2ccccc21. The lowest BCUT2D eigenvalue weighted by atomic mass is 10.2. The highest BCUT2D eigenvalue weighted by Crippen LogP contribution is 2.31. The molecule has 0 aliphatic carbocycles. The van der Waals surface area contributed by atoms with Crippen LogP contribution in [0.2, 0.25) is 0 Å². The van der Waals surface area contributed by atoms with E-state index in [2.05, 4.69) is 0 Å². The molecule has 7 heteroatoms. The fourth-order valence-corrected chi connectivity index (χ4v) is 5.68. The fourth-order valence-electron chi connectivity index (χ4n) is 4.07. The molecule has 29 heavy (non-hydrogen) atoms. The molecule has 2 heterocycles. The third kappa shape index (κ3) is 2.66. The van der Waals surface area contributed by atoms with Crippen LogP contribution in [0.3, 0.4) is 0 Å². The zero-order valence-corrected chi connectivity index (χ0v) is 16.2. The molecule has 0 unspecified atom stereocenters. The van der Waals surface area contributed by atoms with Crippen LogP contribution < -0.4 is 0 Å². The highest BCUT2D eigenvalue weighted by atomic mass is 32.2. The number of aliphatic hydroxyl groups is 1. The van der Waals surface area contributed by atoms with Crippen LogP contribution >= 0.6 is 0 Å². The van der Waals surface area contributed by atoms with Gasteiger partial charge < -0.3 is 9.67 Å². The molecule has 3 aromatic carbocycles. The molecular formula is C22H18N2O4S. The molecule has 1 aliphatic rings. The van der Waals surface area contributed by atoms with Gasteiger partial charge in [-0.25, -0.2) is 12.7 Å². The zero-order chi connectivity index (χ0) is 20.2. The van der Waals surface area contributed by atoms with Gasteiger partial charge in [0.2, 0.25) is 0 Å². The average molecular weight is 406 g/mol. The Labute approximate surface area is 167 Å². The molecule has 146 valence electrons. The summed E-state index contributed by atoms with van der Waals surface area (Å²) in [6.07, 6.45) is -1.05. The summed E-state index contributed by atoms with van der Waals surface area (Å²) in [6.45, 7) is -0.125. The monoisotopic (exact) mass is 406 g/mol. The van der Waals surface area contributed by atoms with Crippen molar-refractivity contribution in [2.24, 2.45) is 0 Å². The maximum atomic E-state index is 12.7. The third-order valence-electron chi connectivity index (χ3n) is 5.36. The standard InChI is InChI=1S/C22H18N2O4S/c25-15(14-24-22(26)18-9-3-6-12-21(18)29(24,27)28)13-23-19-10-4-1-7-16(19)17-8-2-5-11-20(17)23/h1-12,15,25H,13-14H2/t15-/m0/s1. The summed E-state index contributed by atoms with van der Waals surface area (Å²) >= 11 is 0. The second kappa shape index (κ2) is 6.43. The molecule has 0 fully saturated rings. The van der Waals surface area contributed by atoms with E-state index in [0.717, 1.165) is 26.1 Å². The Morgan fingerprint density at radius 2 is 1.34 bits per heavy atom. The molecular weight excluding hydrogens is 388 g/mol. The summed E-state index contributed by atoms with van der Waals surface area (Å²) in [4.78, 5) is 12.6. The number of carbonyl (C=O) groups excluding carboxylic acids is 1. The minimum atomic E-state index is -3.94. The van der Waals surface area contributed by atoms with Crippen LogP contribution in [0.25, 0.3) is 21.8 Å². The van der Waals surface area contributed by atoms with Crippen LogP contribution in [0, 0.1) is 0 Å². The van der Waals surface area contributed by atoms with E-state index in [1.165, 1.54) is 12.1 Å². The molecule has 5 rings (SSSR count). The Morgan fingerprint density at radius 3 is 1.97 bits per heavy atom. The van der Waals surface area contributed by atoms with Crippen molar-refractivity contribution in [2.45, 2.75) is 17.5 Å². The van der Waals surface area contributed by atoms with Crippen LogP contribution in [0.1, 0.15) is 10.4 Å². The lowest BCUT2D eigenvalue weighted by molar-refractivity contribution is 0.0774. The first-order chi connectivity index (χ1) is 14.0. The van der Waals surface area contributed by atoms with Crippen molar-refractivity contribution in [1.82, 2.24) is 8.87 Å². The number of amides is 1. The Kier molecular flexibility index (Phi) is 3.97. The number of hydrogen-bond donors (Lipinski definition) is 1. The number of nitrogens with zero attached hydrogens (tertiary/aromatic N) is 2. The molecule has 1 atom stereocenters. The lowest BCUT2D eigenvalue weighted by Crippen LogP contribution is -2.38. The van der Waals surface area contributed by atoms with Crippen LogP contribution in [0.4, 0.5) is 0 Å². The summed E-state index contributed by atoms with van der Waals surface area (Å²) in [7, 11) is -3.94. The predicted octanol–water partition coefficient (Wildman–Crippen LogP) is 3.00. The average Bonchev–Trinajstić information content (AvgIpc) is 3.14. The van der Waals surface area contributed by atoms with Crippen LogP contribution in [0.5, 0.6) is 0 Å². The lowest BCUT2D eigenvalue weighted by Gasteiger charge is -2.20. The number of hydrogen-bond acceptors (Lipinski definition) is 4. The molecule has 6 nitrogen and oxygen atoms in total. The summed E-state index contributed by atoms with van der Waals surface area (Å²) in [5.41, 5.74) is 2.05. The van der Waals surface area contributed by atoms with E-state index in [0.29, 0.717) is 0 Å². The maximum Gasteiger partial charge on any atom is 0.269 e. The van der Waals surface area contributed by atoms with Gasteiger partial charge in [0, 0.05) is 21.8 Å². The largest absolute Gasteiger partial charge is 0.389 e. The van der Waals surface area contributed by atoms with Gasteiger partial charge in [-0.3, -0.25) is 4.79 Å². The first-order valence-corrected chi connectivity index (χ1v) is 10.7. The van der Waals surface area contributed by atoms with Crippen molar-refractivity contribution in [2.75, 3.05) is 6.54 Å². The smallest absolute Gasteiger partial charge is 0.269 e. The molecule has 1 amide bonds. The minimum Gasteiger partial charge on any atom is -0.389 e. The normalized spacial score (nSPS) is 16.4. The maximum absolute atomic E-state index is 12.7. The van der Waals surface area contributed by atoms with Gasteiger partial charge >= 0.3 is 0 Å². The third-order valence-corrected chi connectivity index (χ3v) is 7.17. The second-order valence-corrected chi connectivity index (χ2v) is 8.97. The molecule has 4 aromatic rings. The Balaban J connectivity index is 1.49. The first-order valence-electron chi connectivity index (χ1n) is 9.28. The summed E-state index contributed by atoms with van der Waals surface area (Å²) in [5.74, 6) is -0.595. The molecule has 0 spiro atoms. The van der Waals surface area contributed by atoms with E-state index < -0.39 is 22.0 Å². The number of β-amino-alcohol motifs (C(OH)–C–C–N with tert-alkyl or cyclic N) is 1. The van der Waals surface area contributed by atoms with Gasteiger partial charge in [-0.05, 0) is 24.3 Å². The van der Waals surface area contributed by atoms with Crippen molar-refractivity contribution < 1.29 is 18.3 Å². The second-order valence-electron chi connectivity index (χ2n) is 7.14. The van der Waals surface area contributed by atoms with Gasteiger partial charge in [-0.1, -0.05) is 48.5 Å². The quantitative estimate of drug-likeness (QED) is 0.565. The van der Waals surface area contributed by atoms with Gasteiger partial charge in [-0.15, -0.1) is 0 Å². The van der Waals surface area contributed by atoms with Gasteiger partial charge in [0.15, 0.2) is 0 Å². The Bertz CT molecular complexity index is 1320. The van der Waals surface area contributed by atoms with Crippen molar-refractivity contribution in [3.05, 3.63) is 78.4 Å². The van der Waals surface area contributed by atoms with Crippen LogP contribution in [-0.2, 0) is 16.6 Å². The van der Waals surface area contributed by atoms with E-state index >= 15 is 0 Å². The molecule has 0 saturated heterocycles. The minimum absolute atomic E-state index is 0.00550. The number of para-hydroxylation sites is 2. The topological polar surface area (TPSA) is 79.6 Å². The molecule has 0 saturated carbocycles.